The zero-order valence-corrected chi connectivity index (χ0v) is 8.56. The molecule has 1 saturated heterocycles. The predicted octanol–water partition coefficient (Wildman–Crippen LogP) is 1.20. The summed E-state index contributed by atoms with van der Waals surface area (Å²) in [6.07, 6.45) is 6.13. The fourth-order valence-corrected chi connectivity index (χ4v) is 2.17. The van der Waals surface area contributed by atoms with E-state index in [2.05, 4.69) is 21.5 Å². The van der Waals surface area contributed by atoms with Crippen LogP contribution >= 0.6 is 0 Å². The highest BCUT2D eigenvalue weighted by Crippen LogP contribution is 2.24. The van der Waals surface area contributed by atoms with E-state index in [4.69, 9.17) is 0 Å². The summed E-state index contributed by atoms with van der Waals surface area (Å²) >= 11 is 0. The van der Waals surface area contributed by atoms with Crippen molar-refractivity contribution < 1.29 is 0 Å². The lowest BCUT2D eigenvalue weighted by Gasteiger charge is -2.20. The molecule has 15 heavy (non-hydrogen) atoms. The normalized spacial score (nSPS) is 18.4. The molecular weight excluding hydrogens is 188 g/mol. The van der Waals surface area contributed by atoms with Gasteiger partial charge in [0.25, 0.3) is 0 Å². The summed E-state index contributed by atoms with van der Waals surface area (Å²) in [6, 6.07) is 4.02. The second kappa shape index (κ2) is 3.62. The fraction of sp³-hybridized carbons (Fsp3) is 0.455. The molecule has 0 bridgehead atoms. The Bertz CT molecular complexity index is 423. The summed E-state index contributed by atoms with van der Waals surface area (Å²) in [5.41, 5.74) is 2.14. The average molecular weight is 202 g/mol. The minimum atomic E-state index is 0.605. The first-order chi connectivity index (χ1) is 7.43. The Morgan fingerprint density at radius 2 is 2.20 bits per heavy atom. The van der Waals surface area contributed by atoms with Gasteiger partial charge in [-0.3, -0.25) is 0 Å². The van der Waals surface area contributed by atoms with E-state index in [-0.39, 0.29) is 0 Å². The fourth-order valence-electron chi connectivity index (χ4n) is 2.17. The Kier molecular flexibility index (Phi) is 2.14. The number of nitrogens with one attached hydrogen (secondary N) is 1. The van der Waals surface area contributed by atoms with Crippen molar-refractivity contribution in [2.75, 3.05) is 13.1 Å². The van der Waals surface area contributed by atoms with Crippen LogP contribution in [-0.2, 0) is 0 Å². The monoisotopic (exact) mass is 202 g/mol. The molecule has 1 fully saturated rings. The summed E-state index contributed by atoms with van der Waals surface area (Å²) in [5, 5.41) is 7.93. The summed E-state index contributed by atoms with van der Waals surface area (Å²) in [6.45, 7) is 2.21. The molecule has 0 amide bonds. The van der Waals surface area contributed by atoms with E-state index in [1.807, 2.05) is 23.0 Å². The van der Waals surface area contributed by atoms with E-state index in [1.165, 1.54) is 18.5 Å². The standard InChI is InChI=1S/C11H14N4/c1-4-13-11-8-10(14-15(11)7-1)9-2-5-12-6-3-9/h1,4,7-9,12H,2-3,5-6H2. The van der Waals surface area contributed by atoms with Crippen molar-refractivity contribution in [1.82, 2.24) is 19.9 Å². The minimum Gasteiger partial charge on any atom is -0.317 e. The van der Waals surface area contributed by atoms with Gasteiger partial charge in [-0.2, -0.15) is 5.10 Å². The molecule has 3 heterocycles. The highest BCUT2D eigenvalue weighted by Gasteiger charge is 2.18. The van der Waals surface area contributed by atoms with Crippen LogP contribution in [0.3, 0.4) is 0 Å². The molecule has 2 aromatic heterocycles. The van der Waals surface area contributed by atoms with E-state index in [0.29, 0.717) is 5.92 Å². The van der Waals surface area contributed by atoms with Crippen molar-refractivity contribution in [3.8, 4) is 0 Å². The molecule has 78 valence electrons. The Morgan fingerprint density at radius 3 is 3.00 bits per heavy atom. The molecule has 0 saturated carbocycles. The number of nitrogens with zero attached hydrogens (tertiary/aromatic N) is 3. The molecule has 3 rings (SSSR count). The van der Waals surface area contributed by atoms with E-state index < -0.39 is 0 Å². The van der Waals surface area contributed by atoms with Crippen molar-refractivity contribution in [1.29, 1.82) is 0 Å². The van der Waals surface area contributed by atoms with Gasteiger partial charge in [0.1, 0.15) is 0 Å². The Balaban J connectivity index is 1.96. The second-order valence-electron chi connectivity index (χ2n) is 4.02. The third-order valence-electron chi connectivity index (χ3n) is 3.01. The molecule has 0 atom stereocenters. The zero-order valence-electron chi connectivity index (χ0n) is 8.56. The first kappa shape index (κ1) is 8.85. The van der Waals surface area contributed by atoms with Gasteiger partial charge in [-0.05, 0) is 32.0 Å². The van der Waals surface area contributed by atoms with Crippen LogP contribution in [0.2, 0.25) is 0 Å². The lowest BCUT2D eigenvalue weighted by atomic mass is 9.95. The Morgan fingerprint density at radius 1 is 1.33 bits per heavy atom. The number of aromatic nitrogens is 3. The third kappa shape index (κ3) is 1.61. The number of hydrogen-bond acceptors (Lipinski definition) is 3. The first-order valence-corrected chi connectivity index (χ1v) is 5.44. The molecule has 4 nitrogen and oxygen atoms in total. The van der Waals surface area contributed by atoms with Crippen LogP contribution in [0.25, 0.3) is 5.65 Å². The van der Waals surface area contributed by atoms with Gasteiger partial charge in [0.2, 0.25) is 0 Å². The van der Waals surface area contributed by atoms with Crippen molar-refractivity contribution in [3.05, 3.63) is 30.2 Å². The number of fused-ring (bicyclic) bond motifs is 1. The first-order valence-electron chi connectivity index (χ1n) is 5.44. The van der Waals surface area contributed by atoms with Crippen LogP contribution in [0.15, 0.2) is 24.5 Å². The highest BCUT2D eigenvalue weighted by molar-refractivity contribution is 5.39. The lowest BCUT2D eigenvalue weighted by Crippen LogP contribution is -2.26. The maximum atomic E-state index is 4.56. The maximum Gasteiger partial charge on any atom is 0.155 e. The largest absolute Gasteiger partial charge is 0.317 e. The minimum absolute atomic E-state index is 0.605. The number of hydrogen-bond donors (Lipinski definition) is 1. The lowest BCUT2D eigenvalue weighted by molar-refractivity contribution is 0.452. The molecule has 0 aromatic carbocycles. The van der Waals surface area contributed by atoms with Gasteiger partial charge in [0.05, 0.1) is 5.69 Å². The molecule has 1 aliphatic rings. The van der Waals surface area contributed by atoms with Crippen LogP contribution in [0.1, 0.15) is 24.5 Å². The summed E-state index contributed by atoms with van der Waals surface area (Å²) in [4.78, 5) is 4.28. The van der Waals surface area contributed by atoms with Crippen molar-refractivity contribution in [2.45, 2.75) is 18.8 Å². The number of piperidine rings is 1. The predicted molar refractivity (Wildman–Crippen MR) is 57.8 cm³/mol. The summed E-state index contributed by atoms with van der Waals surface area (Å²) < 4.78 is 1.86. The molecule has 1 N–H and O–H groups in total. The van der Waals surface area contributed by atoms with Crippen LogP contribution in [0.4, 0.5) is 0 Å². The molecule has 1 aliphatic heterocycles. The molecule has 0 aliphatic carbocycles. The SMILES string of the molecule is c1cnc2cc(C3CCNCC3)nn2c1. The zero-order chi connectivity index (χ0) is 10.1. The highest BCUT2D eigenvalue weighted by atomic mass is 15.2. The van der Waals surface area contributed by atoms with E-state index >= 15 is 0 Å². The third-order valence-corrected chi connectivity index (χ3v) is 3.01. The smallest absolute Gasteiger partial charge is 0.155 e. The van der Waals surface area contributed by atoms with Crippen LogP contribution in [-0.4, -0.2) is 27.7 Å². The summed E-state index contributed by atoms with van der Waals surface area (Å²) in [7, 11) is 0. The van der Waals surface area contributed by atoms with Gasteiger partial charge in [-0.1, -0.05) is 0 Å². The molecule has 0 unspecified atom stereocenters. The molecular formula is C11H14N4. The average Bonchev–Trinajstić information content (AvgIpc) is 2.74. The van der Waals surface area contributed by atoms with Crippen LogP contribution in [0.5, 0.6) is 0 Å². The van der Waals surface area contributed by atoms with Crippen LogP contribution < -0.4 is 5.32 Å². The van der Waals surface area contributed by atoms with Crippen molar-refractivity contribution in [3.63, 3.8) is 0 Å². The van der Waals surface area contributed by atoms with Crippen molar-refractivity contribution >= 4 is 5.65 Å². The topological polar surface area (TPSA) is 42.2 Å². The van der Waals surface area contributed by atoms with Gasteiger partial charge < -0.3 is 5.32 Å². The molecule has 0 spiro atoms. The maximum absolute atomic E-state index is 4.56. The molecule has 0 radical (unpaired) electrons. The Hall–Kier alpha value is -1.42. The van der Waals surface area contributed by atoms with E-state index in [9.17, 15) is 0 Å². The molecule has 4 heteroatoms. The second-order valence-corrected chi connectivity index (χ2v) is 4.02. The van der Waals surface area contributed by atoms with Gasteiger partial charge in [-0.25, -0.2) is 9.50 Å². The Labute approximate surface area is 88.3 Å². The van der Waals surface area contributed by atoms with Gasteiger partial charge >= 0.3 is 0 Å². The van der Waals surface area contributed by atoms with Gasteiger partial charge in [0.15, 0.2) is 5.65 Å². The molecule has 2 aromatic rings. The number of rotatable bonds is 1. The quantitative estimate of drug-likeness (QED) is 0.755. The van der Waals surface area contributed by atoms with E-state index in [1.54, 1.807) is 0 Å². The van der Waals surface area contributed by atoms with Gasteiger partial charge in [-0.15, -0.1) is 0 Å². The van der Waals surface area contributed by atoms with E-state index in [0.717, 1.165) is 18.7 Å². The van der Waals surface area contributed by atoms with Gasteiger partial charge in [0, 0.05) is 24.4 Å². The summed E-state index contributed by atoms with van der Waals surface area (Å²) in [5.74, 6) is 0.605. The van der Waals surface area contributed by atoms with Crippen LogP contribution in [0, 0.1) is 0 Å². The van der Waals surface area contributed by atoms with Crippen molar-refractivity contribution in [2.24, 2.45) is 0 Å².